The van der Waals surface area contributed by atoms with Crippen molar-refractivity contribution in [2.45, 2.75) is 57.5 Å². The molecule has 0 bridgehead atoms. The average Bonchev–Trinajstić information content (AvgIpc) is 2.37. The van der Waals surface area contributed by atoms with Crippen LogP contribution in [0.15, 0.2) is 11.1 Å². The summed E-state index contributed by atoms with van der Waals surface area (Å²) in [6.07, 6.45) is 6.17. The van der Waals surface area contributed by atoms with E-state index in [1.54, 1.807) is 0 Å². The third-order valence-electron chi connectivity index (χ3n) is 3.49. The normalized spacial score (nSPS) is 14.9. The number of rotatable bonds is 5. The minimum atomic E-state index is 0.615. The summed E-state index contributed by atoms with van der Waals surface area (Å²) in [7, 11) is 0. The van der Waals surface area contributed by atoms with E-state index in [2.05, 4.69) is 19.9 Å². The largest absolute Gasteiger partial charge is 0.326 e. The molecular formula is C15H24N2S. The molecule has 1 aromatic heterocycles. The highest BCUT2D eigenvalue weighted by atomic mass is 32.2. The molecule has 0 atom stereocenters. The minimum Gasteiger partial charge on any atom is -0.326 e. The van der Waals surface area contributed by atoms with Crippen LogP contribution in [0.3, 0.4) is 0 Å². The molecule has 1 aromatic rings. The van der Waals surface area contributed by atoms with Gasteiger partial charge in [0.05, 0.1) is 0 Å². The Balaban J connectivity index is 2.12. The quantitative estimate of drug-likeness (QED) is 0.827. The van der Waals surface area contributed by atoms with Crippen LogP contribution >= 0.6 is 11.8 Å². The predicted molar refractivity (Wildman–Crippen MR) is 78.9 cm³/mol. The summed E-state index contributed by atoms with van der Waals surface area (Å²) >= 11 is 1.88. The molecule has 1 aliphatic carbocycles. The maximum Gasteiger partial charge on any atom is 0.101 e. The van der Waals surface area contributed by atoms with Gasteiger partial charge in [0.1, 0.15) is 5.03 Å². The highest BCUT2D eigenvalue weighted by molar-refractivity contribution is 7.99. The molecule has 0 aliphatic heterocycles. The third-order valence-corrected chi connectivity index (χ3v) is 4.56. The monoisotopic (exact) mass is 264 g/mol. The van der Waals surface area contributed by atoms with Gasteiger partial charge in [0.25, 0.3) is 0 Å². The minimum absolute atomic E-state index is 0.615. The number of nitrogens with two attached hydrogens (primary N) is 1. The zero-order valence-electron chi connectivity index (χ0n) is 11.5. The number of pyridine rings is 1. The van der Waals surface area contributed by atoms with Crippen molar-refractivity contribution >= 4 is 11.8 Å². The average molecular weight is 264 g/mol. The lowest BCUT2D eigenvalue weighted by molar-refractivity contribution is 0.631. The SMILES string of the molecule is CC(C)CCSc1nc2c(cc1CN)CCCC2. The number of nitrogens with zero attached hydrogens (tertiary/aromatic N) is 1. The van der Waals surface area contributed by atoms with Crippen molar-refractivity contribution < 1.29 is 0 Å². The summed E-state index contributed by atoms with van der Waals surface area (Å²) in [6.45, 7) is 5.15. The summed E-state index contributed by atoms with van der Waals surface area (Å²) < 4.78 is 0. The predicted octanol–water partition coefficient (Wildman–Crippen LogP) is 3.56. The maximum atomic E-state index is 5.86. The summed E-state index contributed by atoms with van der Waals surface area (Å²) in [6, 6.07) is 2.30. The molecule has 1 aliphatic rings. The molecule has 0 unspecified atom stereocenters. The number of thioether (sulfide) groups is 1. The van der Waals surface area contributed by atoms with Gasteiger partial charge in [-0.15, -0.1) is 11.8 Å². The van der Waals surface area contributed by atoms with Crippen LogP contribution in [-0.2, 0) is 19.4 Å². The molecule has 0 spiro atoms. The van der Waals surface area contributed by atoms with E-state index in [4.69, 9.17) is 10.7 Å². The zero-order valence-corrected chi connectivity index (χ0v) is 12.4. The van der Waals surface area contributed by atoms with E-state index in [1.807, 2.05) is 11.8 Å². The number of hydrogen-bond acceptors (Lipinski definition) is 3. The van der Waals surface area contributed by atoms with Gasteiger partial charge in [-0.2, -0.15) is 0 Å². The molecular weight excluding hydrogens is 240 g/mol. The zero-order chi connectivity index (χ0) is 13.0. The molecule has 0 amide bonds. The first kappa shape index (κ1) is 13.9. The van der Waals surface area contributed by atoms with Crippen molar-refractivity contribution in [2.75, 3.05) is 5.75 Å². The van der Waals surface area contributed by atoms with Gasteiger partial charge in [-0.05, 0) is 54.9 Å². The maximum absolute atomic E-state index is 5.86. The fourth-order valence-electron chi connectivity index (χ4n) is 2.32. The van der Waals surface area contributed by atoms with Gasteiger partial charge >= 0.3 is 0 Å². The molecule has 100 valence electrons. The van der Waals surface area contributed by atoms with Crippen LogP contribution in [0, 0.1) is 5.92 Å². The summed E-state index contributed by atoms with van der Waals surface area (Å²) in [5, 5.41) is 1.18. The lowest BCUT2D eigenvalue weighted by Gasteiger charge is -2.18. The van der Waals surface area contributed by atoms with E-state index in [9.17, 15) is 0 Å². The van der Waals surface area contributed by atoms with E-state index < -0.39 is 0 Å². The summed E-state index contributed by atoms with van der Waals surface area (Å²) in [5.74, 6) is 1.91. The number of aromatic nitrogens is 1. The van der Waals surface area contributed by atoms with Crippen molar-refractivity contribution in [1.29, 1.82) is 0 Å². The number of hydrogen-bond donors (Lipinski definition) is 1. The molecule has 3 heteroatoms. The van der Waals surface area contributed by atoms with Gasteiger partial charge in [-0.3, -0.25) is 0 Å². The van der Waals surface area contributed by atoms with Crippen LogP contribution < -0.4 is 5.73 Å². The molecule has 0 fully saturated rings. The summed E-state index contributed by atoms with van der Waals surface area (Å²) in [4.78, 5) is 4.86. The summed E-state index contributed by atoms with van der Waals surface area (Å²) in [5.41, 5.74) is 9.87. The number of fused-ring (bicyclic) bond motifs is 1. The lowest BCUT2D eigenvalue weighted by atomic mass is 9.95. The first-order chi connectivity index (χ1) is 8.70. The Labute approximate surface area is 115 Å². The van der Waals surface area contributed by atoms with Gasteiger partial charge in [-0.25, -0.2) is 4.98 Å². The molecule has 0 saturated carbocycles. The fourth-order valence-corrected chi connectivity index (χ4v) is 3.61. The first-order valence-electron chi connectivity index (χ1n) is 7.05. The van der Waals surface area contributed by atoms with Crippen LogP contribution in [0.5, 0.6) is 0 Å². The lowest BCUT2D eigenvalue weighted by Crippen LogP contribution is -2.10. The Morgan fingerprint density at radius 2 is 2.11 bits per heavy atom. The third kappa shape index (κ3) is 3.48. The molecule has 2 nitrogen and oxygen atoms in total. The molecule has 2 N–H and O–H groups in total. The second-order valence-electron chi connectivity index (χ2n) is 5.50. The molecule has 0 saturated heterocycles. The smallest absolute Gasteiger partial charge is 0.101 e. The van der Waals surface area contributed by atoms with Crippen molar-refractivity contribution in [2.24, 2.45) is 11.7 Å². The van der Waals surface area contributed by atoms with Crippen molar-refractivity contribution in [3.05, 3.63) is 22.9 Å². The van der Waals surface area contributed by atoms with Crippen LogP contribution in [-0.4, -0.2) is 10.7 Å². The Morgan fingerprint density at radius 3 is 2.83 bits per heavy atom. The fraction of sp³-hybridized carbons (Fsp3) is 0.667. The van der Waals surface area contributed by atoms with Gasteiger partial charge in [-0.1, -0.05) is 19.9 Å². The standard InChI is InChI=1S/C15H24N2S/c1-11(2)7-8-18-15-13(10-16)9-12-5-3-4-6-14(12)17-15/h9,11H,3-8,10,16H2,1-2H3. The molecule has 0 radical (unpaired) electrons. The van der Waals surface area contributed by atoms with Crippen molar-refractivity contribution in [1.82, 2.24) is 4.98 Å². The van der Waals surface area contributed by atoms with Gasteiger partial charge in [0, 0.05) is 12.2 Å². The highest BCUT2D eigenvalue weighted by Crippen LogP contribution is 2.28. The second kappa shape index (κ2) is 6.58. The Morgan fingerprint density at radius 1 is 1.33 bits per heavy atom. The van der Waals surface area contributed by atoms with Crippen molar-refractivity contribution in [3.63, 3.8) is 0 Å². The highest BCUT2D eigenvalue weighted by Gasteiger charge is 2.14. The topological polar surface area (TPSA) is 38.9 Å². The van der Waals surface area contributed by atoms with E-state index in [0.29, 0.717) is 6.54 Å². The molecule has 1 heterocycles. The van der Waals surface area contributed by atoms with E-state index in [-0.39, 0.29) is 0 Å². The van der Waals surface area contributed by atoms with Crippen molar-refractivity contribution in [3.8, 4) is 0 Å². The Bertz CT molecular complexity index is 402. The van der Waals surface area contributed by atoms with Gasteiger partial charge in [0.2, 0.25) is 0 Å². The van der Waals surface area contributed by atoms with Gasteiger partial charge in [0.15, 0.2) is 0 Å². The first-order valence-corrected chi connectivity index (χ1v) is 8.03. The van der Waals surface area contributed by atoms with Gasteiger partial charge < -0.3 is 5.73 Å². The second-order valence-corrected chi connectivity index (χ2v) is 6.58. The van der Waals surface area contributed by atoms with Crippen LogP contribution in [0.4, 0.5) is 0 Å². The van der Waals surface area contributed by atoms with E-state index in [0.717, 1.165) is 18.1 Å². The molecule has 0 aromatic carbocycles. The molecule has 18 heavy (non-hydrogen) atoms. The Hall–Kier alpha value is -0.540. The number of aryl methyl sites for hydroxylation is 2. The molecule has 2 rings (SSSR count). The van der Waals surface area contributed by atoms with E-state index in [1.165, 1.54) is 47.5 Å². The Kier molecular flexibility index (Phi) is 5.07. The van der Waals surface area contributed by atoms with Crippen LogP contribution in [0.1, 0.15) is 49.9 Å². The van der Waals surface area contributed by atoms with Crippen LogP contribution in [0.2, 0.25) is 0 Å². The van der Waals surface area contributed by atoms with Crippen LogP contribution in [0.25, 0.3) is 0 Å². The van der Waals surface area contributed by atoms with E-state index >= 15 is 0 Å².